The molecule has 2 aliphatic heterocycles. The van der Waals surface area contributed by atoms with Gasteiger partial charge in [0, 0.05) is 47.0 Å². The van der Waals surface area contributed by atoms with E-state index in [9.17, 15) is 9.90 Å². The van der Waals surface area contributed by atoms with Crippen molar-refractivity contribution in [2.75, 3.05) is 44.3 Å². The smallest absolute Gasteiger partial charge is 0.147 e. The maximum atomic E-state index is 12.6. The zero-order chi connectivity index (χ0) is 28.6. The molecule has 4 heterocycles. The predicted molar refractivity (Wildman–Crippen MR) is 164 cm³/mol. The molecule has 7 rings (SSSR count). The van der Waals surface area contributed by atoms with E-state index in [1.165, 1.54) is 24.1 Å². The fourth-order valence-corrected chi connectivity index (χ4v) is 6.92. The Bertz CT molecular complexity index is 1590. The fourth-order valence-electron chi connectivity index (χ4n) is 6.92. The van der Waals surface area contributed by atoms with Crippen LogP contribution >= 0.6 is 0 Å². The van der Waals surface area contributed by atoms with Crippen molar-refractivity contribution in [2.45, 2.75) is 56.9 Å². The summed E-state index contributed by atoms with van der Waals surface area (Å²) in [4.78, 5) is 30.2. The van der Waals surface area contributed by atoms with Gasteiger partial charge in [0.25, 0.3) is 0 Å². The van der Waals surface area contributed by atoms with Gasteiger partial charge >= 0.3 is 0 Å². The Balaban J connectivity index is 1.20. The second-order valence-corrected chi connectivity index (χ2v) is 12.0. The number of H-pyrrole nitrogens is 1. The van der Waals surface area contributed by atoms with E-state index in [4.69, 9.17) is 9.72 Å². The van der Waals surface area contributed by atoms with Gasteiger partial charge in [0.05, 0.1) is 12.2 Å². The van der Waals surface area contributed by atoms with Gasteiger partial charge in [-0.15, -0.1) is 0 Å². The molecule has 1 unspecified atom stereocenters. The molecule has 8 heteroatoms. The molecule has 218 valence electrons. The van der Waals surface area contributed by atoms with Crippen molar-refractivity contribution in [3.63, 3.8) is 0 Å². The maximum Gasteiger partial charge on any atom is 0.147 e. The molecule has 2 aromatic heterocycles. The molecule has 0 spiro atoms. The number of benzene rings is 2. The van der Waals surface area contributed by atoms with Crippen molar-refractivity contribution < 1.29 is 14.6 Å². The first-order valence-electron chi connectivity index (χ1n) is 15.4. The molecule has 2 N–H and O–H groups in total. The summed E-state index contributed by atoms with van der Waals surface area (Å²) in [6.07, 6.45) is 8.16. The Morgan fingerprint density at radius 2 is 1.90 bits per heavy atom. The average molecular weight is 566 g/mol. The number of carbonyl (C=O) groups is 1. The number of anilines is 1. The van der Waals surface area contributed by atoms with Crippen molar-refractivity contribution in [3.8, 4) is 17.0 Å². The first-order valence-corrected chi connectivity index (χ1v) is 15.4. The number of piperidine rings is 1. The molecule has 8 nitrogen and oxygen atoms in total. The Hall–Kier alpha value is -3.75. The summed E-state index contributed by atoms with van der Waals surface area (Å²) in [5, 5.41) is 10.2. The SMILES string of the molecule is Cc1c(-c2ncnc3[nH]c(C4CCN(CCCO)CC4)cc23)cccc1N1CCOc2cc(C3CC3)ccc2C1C=O. The minimum Gasteiger partial charge on any atom is -0.491 e. The number of carbonyl (C=O) groups excluding carboxylic acids is 1. The van der Waals surface area contributed by atoms with Gasteiger partial charge in [-0.25, -0.2) is 9.97 Å². The van der Waals surface area contributed by atoms with E-state index in [0.29, 0.717) is 25.0 Å². The second-order valence-electron chi connectivity index (χ2n) is 12.0. The van der Waals surface area contributed by atoms with Gasteiger partial charge in [-0.3, -0.25) is 0 Å². The molecular formula is C34H39N5O3. The molecule has 2 aromatic carbocycles. The standard InChI is InChI=1S/C34H39N5O3/c1-22-26(33-28-19-29(37-34(28)36-21-35-33)24-10-13-38(14-11-24)12-3-16-40)4-2-5-30(22)39-15-17-42-32-18-25(23-6-7-23)8-9-27(32)31(39)20-41/h2,4-5,8-9,18-21,23-24,31,40H,3,6-7,10-17H2,1H3,(H,35,36,37). The molecule has 42 heavy (non-hydrogen) atoms. The molecule has 1 atom stereocenters. The van der Waals surface area contributed by atoms with Gasteiger partial charge in [-0.2, -0.15) is 0 Å². The summed E-state index contributed by atoms with van der Waals surface area (Å²) in [6.45, 7) is 6.56. The zero-order valence-electron chi connectivity index (χ0n) is 24.3. The third kappa shape index (κ3) is 5.07. The first kappa shape index (κ1) is 27.1. The number of likely N-dealkylation sites (tertiary alicyclic amines) is 1. The summed E-state index contributed by atoms with van der Waals surface area (Å²) in [6, 6.07) is 14.5. The van der Waals surface area contributed by atoms with Crippen LogP contribution in [0.3, 0.4) is 0 Å². The van der Waals surface area contributed by atoms with Crippen molar-refractivity contribution >= 4 is 23.0 Å². The summed E-state index contributed by atoms with van der Waals surface area (Å²) >= 11 is 0. The number of fused-ring (bicyclic) bond motifs is 2. The average Bonchev–Trinajstić information content (AvgIpc) is 3.81. The Kier molecular flexibility index (Phi) is 7.42. The monoisotopic (exact) mass is 565 g/mol. The summed E-state index contributed by atoms with van der Waals surface area (Å²) in [5.74, 6) is 1.93. The minimum atomic E-state index is -0.419. The van der Waals surface area contributed by atoms with Crippen LogP contribution in [0.5, 0.6) is 5.75 Å². The van der Waals surface area contributed by atoms with Crippen LogP contribution in [-0.2, 0) is 4.79 Å². The van der Waals surface area contributed by atoms with Crippen LogP contribution in [0.25, 0.3) is 22.3 Å². The third-order valence-corrected chi connectivity index (χ3v) is 9.44. The molecule has 1 saturated heterocycles. The summed E-state index contributed by atoms with van der Waals surface area (Å²) in [7, 11) is 0. The van der Waals surface area contributed by atoms with Gasteiger partial charge in [0.2, 0.25) is 0 Å². The lowest BCUT2D eigenvalue weighted by Crippen LogP contribution is -2.34. The summed E-state index contributed by atoms with van der Waals surface area (Å²) in [5.41, 5.74) is 8.38. The van der Waals surface area contributed by atoms with E-state index < -0.39 is 6.04 Å². The van der Waals surface area contributed by atoms with Crippen molar-refractivity contribution in [2.24, 2.45) is 0 Å². The largest absolute Gasteiger partial charge is 0.491 e. The van der Waals surface area contributed by atoms with Crippen molar-refractivity contribution in [3.05, 3.63) is 71.2 Å². The Labute approximate surface area is 246 Å². The topological polar surface area (TPSA) is 94.6 Å². The highest BCUT2D eigenvalue weighted by atomic mass is 16.5. The number of nitrogens with one attached hydrogen (secondary N) is 1. The van der Waals surface area contributed by atoms with Crippen LogP contribution in [0.15, 0.2) is 48.8 Å². The number of aliphatic hydroxyl groups is 1. The van der Waals surface area contributed by atoms with Crippen LogP contribution in [0.4, 0.5) is 5.69 Å². The molecule has 2 fully saturated rings. The number of aldehydes is 1. The van der Waals surface area contributed by atoms with E-state index in [0.717, 1.165) is 90.0 Å². The van der Waals surface area contributed by atoms with E-state index in [1.807, 2.05) is 0 Å². The number of aromatic nitrogens is 3. The highest BCUT2D eigenvalue weighted by Crippen LogP contribution is 2.44. The van der Waals surface area contributed by atoms with Crippen LogP contribution < -0.4 is 9.64 Å². The molecule has 3 aliphatic rings. The predicted octanol–water partition coefficient (Wildman–Crippen LogP) is 5.51. The maximum absolute atomic E-state index is 12.6. The van der Waals surface area contributed by atoms with E-state index >= 15 is 0 Å². The molecular weight excluding hydrogens is 526 g/mol. The van der Waals surface area contributed by atoms with Crippen LogP contribution in [0.2, 0.25) is 0 Å². The number of hydrogen-bond donors (Lipinski definition) is 2. The normalized spacial score (nSPS) is 19.9. The van der Waals surface area contributed by atoms with Gasteiger partial charge in [0.15, 0.2) is 0 Å². The summed E-state index contributed by atoms with van der Waals surface area (Å²) < 4.78 is 6.21. The molecule has 0 radical (unpaired) electrons. The molecule has 1 aliphatic carbocycles. The lowest BCUT2D eigenvalue weighted by molar-refractivity contribution is -0.109. The quantitative estimate of drug-likeness (QED) is 0.272. The number of rotatable bonds is 8. The zero-order valence-corrected chi connectivity index (χ0v) is 24.3. The number of ether oxygens (including phenoxy) is 1. The van der Waals surface area contributed by atoms with Gasteiger partial charge < -0.3 is 29.4 Å². The van der Waals surface area contributed by atoms with Gasteiger partial charge in [-0.05, 0) is 87.4 Å². The van der Waals surface area contributed by atoms with E-state index in [-0.39, 0.29) is 6.61 Å². The molecule has 0 amide bonds. The highest BCUT2D eigenvalue weighted by molar-refractivity contribution is 5.93. The highest BCUT2D eigenvalue weighted by Gasteiger charge is 2.31. The number of nitrogens with zero attached hydrogens (tertiary/aromatic N) is 4. The minimum absolute atomic E-state index is 0.250. The van der Waals surface area contributed by atoms with Crippen LogP contribution in [0, 0.1) is 6.92 Å². The van der Waals surface area contributed by atoms with E-state index in [1.54, 1.807) is 6.33 Å². The molecule has 4 aromatic rings. The van der Waals surface area contributed by atoms with Crippen molar-refractivity contribution in [1.82, 2.24) is 19.9 Å². The lowest BCUT2D eigenvalue weighted by atomic mass is 9.93. The van der Waals surface area contributed by atoms with E-state index in [2.05, 4.69) is 69.2 Å². The van der Waals surface area contributed by atoms with Crippen molar-refractivity contribution in [1.29, 1.82) is 0 Å². The van der Waals surface area contributed by atoms with Gasteiger partial charge in [-0.1, -0.05) is 24.3 Å². The Morgan fingerprint density at radius 1 is 1.05 bits per heavy atom. The number of aromatic amines is 1. The second kappa shape index (κ2) is 11.5. The molecule has 0 bridgehead atoms. The third-order valence-electron chi connectivity index (χ3n) is 9.44. The van der Waals surface area contributed by atoms with Crippen LogP contribution in [-0.4, -0.2) is 70.6 Å². The lowest BCUT2D eigenvalue weighted by Gasteiger charge is -2.31. The Morgan fingerprint density at radius 3 is 2.69 bits per heavy atom. The molecule has 1 saturated carbocycles. The fraction of sp³-hybridized carbons (Fsp3) is 0.441. The van der Waals surface area contributed by atoms with Crippen LogP contribution in [0.1, 0.15) is 72.4 Å². The van der Waals surface area contributed by atoms with Gasteiger partial charge in [0.1, 0.15) is 36.7 Å². The number of hydrogen-bond acceptors (Lipinski definition) is 7. The first-order chi connectivity index (χ1) is 20.6. The number of aliphatic hydroxyl groups excluding tert-OH is 1.